The van der Waals surface area contributed by atoms with Gasteiger partial charge in [-0.3, -0.25) is 4.99 Å². The van der Waals surface area contributed by atoms with E-state index in [1.807, 2.05) is 19.9 Å². The number of aliphatic imine (C=N–C) groups is 1. The van der Waals surface area contributed by atoms with Crippen LogP contribution in [0.2, 0.25) is 0 Å². The van der Waals surface area contributed by atoms with Crippen molar-refractivity contribution in [3.8, 4) is 11.8 Å². The molecule has 2 aromatic heterocycles. The van der Waals surface area contributed by atoms with Crippen LogP contribution in [-0.4, -0.2) is 65.0 Å². The zero-order valence-corrected chi connectivity index (χ0v) is 19.7. The second kappa shape index (κ2) is 8.68. The van der Waals surface area contributed by atoms with E-state index < -0.39 is 17.4 Å². The topological polar surface area (TPSA) is 70.8 Å². The summed E-state index contributed by atoms with van der Waals surface area (Å²) in [4.78, 5) is 17.6. The van der Waals surface area contributed by atoms with Crippen LogP contribution in [0.15, 0.2) is 34.8 Å². The third-order valence-corrected chi connectivity index (χ3v) is 6.29. The predicted octanol–water partition coefficient (Wildman–Crippen LogP) is 3.87. The minimum absolute atomic E-state index is 0.136. The van der Waals surface area contributed by atoms with Gasteiger partial charge in [-0.25, -0.2) is 8.78 Å². The van der Waals surface area contributed by atoms with E-state index in [0.29, 0.717) is 29.5 Å². The second-order valence-electron chi connectivity index (χ2n) is 8.88. The maximum absolute atomic E-state index is 15.3. The summed E-state index contributed by atoms with van der Waals surface area (Å²) in [6.07, 6.45) is 1.93. The highest BCUT2D eigenvalue weighted by atomic mass is 19.1. The van der Waals surface area contributed by atoms with Gasteiger partial charge >= 0.3 is 6.01 Å². The van der Waals surface area contributed by atoms with Crippen molar-refractivity contribution in [2.75, 3.05) is 50.0 Å². The summed E-state index contributed by atoms with van der Waals surface area (Å²) in [5.41, 5.74) is 2.39. The number of aryl methyl sites for hydroxylation is 2. The highest BCUT2D eigenvalue weighted by Crippen LogP contribution is 2.34. The lowest BCUT2D eigenvalue weighted by atomic mass is 10.2. The zero-order chi connectivity index (χ0) is 24.0. The molecule has 5 rings (SSSR count). The first kappa shape index (κ1) is 22.3. The smallest absolute Gasteiger partial charge is 0.326 e. The van der Waals surface area contributed by atoms with Crippen LogP contribution in [-0.2, 0) is 7.05 Å². The Bertz CT molecular complexity index is 1320. The van der Waals surface area contributed by atoms with Crippen molar-refractivity contribution in [1.82, 2.24) is 19.4 Å². The third kappa shape index (κ3) is 4.21. The minimum atomic E-state index is -0.812. The number of amidine groups is 1. The van der Waals surface area contributed by atoms with Crippen LogP contribution in [0.1, 0.15) is 12.6 Å². The van der Waals surface area contributed by atoms with Crippen LogP contribution >= 0.6 is 0 Å². The summed E-state index contributed by atoms with van der Waals surface area (Å²) in [6.45, 7) is 7.75. The number of hydrogen-bond donors (Lipinski definition) is 1. The van der Waals surface area contributed by atoms with Gasteiger partial charge < -0.3 is 24.4 Å². The number of piperazine rings is 1. The van der Waals surface area contributed by atoms with E-state index in [1.54, 1.807) is 23.7 Å². The molecule has 0 saturated carbocycles. The summed E-state index contributed by atoms with van der Waals surface area (Å²) in [5.74, 6) is -0.370. The second-order valence-corrected chi connectivity index (χ2v) is 8.88. The highest BCUT2D eigenvalue weighted by molar-refractivity contribution is 6.05. The Morgan fingerprint density at radius 1 is 1.00 bits per heavy atom. The molecule has 34 heavy (non-hydrogen) atoms. The number of ether oxygens (including phenoxy) is 1. The Kier molecular flexibility index (Phi) is 5.68. The first-order valence-electron chi connectivity index (χ1n) is 11.2. The fraction of sp³-hybridized carbons (Fsp3) is 0.375. The van der Waals surface area contributed by atoms with Crippen molar-refractivity contribution in [3.05, 3.63) is 47.2 Å². The lowest BCUT2D eigenvalue weighted by Gasteiger charge is -2.33. The number of anilines is 2. The Hall–Kier alpha value is -3.53. The van der Waals surface area contributed by atoms with Crippen LogP contribution in [0.3, 0.4) is 0 Å². The molecule has 0 bridgehead atoms. The van der Waals surface area contributed by atoms with E-state index in [0.717, 1.165) is 37.4 Å². The number of nitrogens with one attached hydrogen (secondary N) is 1. The van der Waals surface area contributed by atoms with E-state index in [9.17, 15) is 4.39 Å². The Morgan fingerprint density at radius 3 is 2.47 bits per heavy atom. The van der Waals surface area contributed by atoms with E-state index in [4.69, 9.17) is 4.74 Å². The van der Waals surface area contributed by atoms with Crippen LogP contribution in [0, 0.1) is 18.6 Å². The Balaban J connectivity index is 1.52. The Labute approximate surface area is 196 Å². The van der Waals surface area contributed by atoms with E-state index in [1.165, 1.54) is 6.07 Å². The molecule has 10 heteroatoms. The molecule has 3 aromatic rings. The van der Waals surface area contributed by atoms with Crippen molar-refractivity contribution in [1.29, 1.82) is 0 Å². The highest BCUT2D eigenvalue weighted by Gasteiger charge is 2.22. The molecule has 8 nitrogen and oxygen atoms in total. The van der Waals surface area contributed by atoms with E-state index in [-0.39, 0.29) is 11.4 Å². The molecular weight excluding hydrogens is 440 g/mol. The number of halogens is 2. The minimum Gasteiger partial charge on any atom is -0.418 e. The molecule has 2 aliphatic rings. The lowest BCUT2D eigenvalue weighted by Crippen LogP contribution is -2.44. The number of fused-ring (bicyclic) bond motifs is 1. The van der Waals surface area contributed by atoms with E-state index >= 15 is 4.39 Å². The molecule has 1 aromatic carbocycles. The molecule has 0 aliphatic carbocycles. The van der Waals surface area contributed by atoms with Gasteiger partial charge in [-0.05, 0) is 38.6 Å². The molecule has 4 heterocycles. The van der Waals surface area contributed by atoms with Crippen molar-refractivity contribution >= 4 is 28.4 Å². The summed E-state index contributed by atoms with van der Waals surface area (Å²) in [6, 6.07) is 4.60. The maximum Gasteiger partial charge on any atom is 0.326 e. The number of aromatic nitrogens is 3. The van der Waals surface area contributed by atoms with Gasteiger partial charge in [0.25, 0.3) is 0 Å². The lowest BCUT2D eigenvalue weighted by molar-refractivity contribution is 0.311. The van der Waals surface area contributed by atoms with Crippen LogP contribution in [0.4, 0.5) is 20.4 Å². The van der Waals surface area contributed by atoms with Gasteiger partial charge in [0.05, 0.1) is 12.1 Å². The number of nitrogens with zero attached hydrogens (tertiary/aromatic N) is 6. The summed E-state index contributed by atoms with van der Waals surface area (Å²) in [7, 11) is 3.83. The molecule has 0 atom stereocenters. The summed E-state index contributed by atoms with van der Waals surface area (Å²) < 4.78 is 37.6. The molecule has 0 amide bonds. The summed E-state index contributed by atoms with van der Waals surface area (Å²) >= 11 is 0. The van der Waals surface area contributed by atoms with Crippen molar-refractivity contribution < 1.29 is 13.5 Å². The largest absolute Gasteiger partial charge is 0.418 e. The first-order valence-corrected chi connectivity index (χ1v) is 11.2. The molecule has 1 N–H and O–H groups in total. The number of benzene rings is 1. The van der Waals surface area contributed by atoms with Crippen molar-refractivity contribution in [2.24, 2.45) is 12.0 Å². The third-order valence-electron chi connectivity index (χ3n) is 6.29. The predicted molar refractivity (Wildman–Crippen MR) is 129 cm³/mol. The van der Waals surface area contributed by atoms with Gasteiger partial charge in [0, 0.05) is 56.4 Å². The molecule has 1 fully saturated rings. The zero-order valence-electron chi connectivity index (χ0n) is 19.7. The normalized spacial score (nSPS) is 16.7. The standard InChI is InChI=1S/C24H27F2N7O/c1-14-9-19(27-13-14)28-20-12-21(33-7-5-31(3)6-8-33)30-24(29-20)34-23-17(25)11-18-16(22(23)26)10-15(2)32(18)4/h9-12H,5-8,13H2,1-4H3,(H,27,28,29,30). The fourth-order valence-electron chi connectivity index (χ4n) is 4.16. The van der Waals surface area contributed by atoms with E-state index in [2.05, 4.69) is 37.1 Å². The van der Waals surface area contributed by atoms with Crippen molar-refractivity contribution in [2.45, 2.75) is 13.8 Å². The average Bonchev–Trinajstić information content (AvgIpc) is 3.34. The van der Waals surface area contributed by atoms with Crippen LogP contribution in [0.25, 0.3) is 10.9 Å². The number of likely N-dealkylation sites (N-methyl/N-ethyl adjacent to an activating group) is 1. The van der Waals surface area contributed by atoms with Gasteiger partial charge in [0.15, 0.2) is 11.6 Å². The van der Waals surface area contributed by atoms with Crippen LogP contribution < -0.4 is 15.0 Å². The maximum atomic E-state index is 15.3. The molecule has 2 aliphatic heterocycles. The van der Waals surface area contributed by atoms with Gasteiger partial charge in [-0.15, -0.1) is 0 Å². The number of hydrogen-bond acceptors (Lipinski definition) is 7. The van der Waals surface area contributed by atoms with Crippen LogP contribution in [0.5, 0.6) is 11.8 Å². The number of rotatable bonds is 4. The average molecular weight is 468 g/mol. The van der Waals surface area contributed by atoms with Gasteiger partial charge in [-0.2, -0.15) is 9.97 Å². The SMILES string of the molecule is CC1=CC(Nc2cc(N3CCN(C)CC3)nc(Oc3c(F)cc4c(cc(C)n4C)c3F)n2)=NC1. The van der Waals surface area contributed by atoms with Gasteiger partial charge in [0.1, 0.15) is 17.5 Å². The van der Waals surface area contributed by atoms with Gasteiger partial charge in [0.2, 0.25) is 5.75 Å². The fourth-order valence-corrected chi connectivity index (χ4v) is 4.16. The quantitative estimate of drug-likeness (QED) is 0.628. The molecule has 1 saturated heterocycles. The summed E-state index contributed by atoms with van der Waals surface area (Å²) in [5, 5.41) is 3.45. The molecule has 178 valence electrons. The molecule has 0 unspecified atom stereocenters. The Morgan fingerprint density at radius 2 is 1.76 bits per heavy atom. The molecule has 0 radical (unpaired) electrons. The first-order chi connectivity index (χ1) is 16.3. The van der Waals surface area contributed by atoms with Crippen molar-refractivity contribution in [3.63, 3.8) is 0 Å². The monoisotopic (exact) mass is 467 g/mol. The molecular formula is C24H27F2N7O. The van der Waals surface area contributed by atoms with Gasteiger partial charge in [-0.1, -0.05) is 0 Å². The molecule has 0 spiro atoms.